The third-order valence-corrected chi connectivity index (χ3v) is 5.24. The van der Waals surface area contributed by atoms with Crippen molar-refractivity contribution in [3.05, 3.63) is 59.4 Å². The highest BCUT2D eigenvalue weighted by molar-refractivity contribution is 6.07. The van der Waals surface area contributed by atoms with Gasteiger partial charge in [0, 0.05) is 25.5 Å². The average Bonchev–Trinajstić information content (AvgIpc) is 2.83. The van der Waals surface area contributed by atoms with Crippen LogP contribution in [-0.2, 0) is 15.1 Å². The lowest BCUT2D eigenvalue weighted by atomic mass is 9.83. The van der Waals surface area contributed by atoms with Crippen LogP contribution in [0.5, 0.6) is 5.75 Å². The van der Waals surface area contributed by atoms with Crippen LogP contribution in [0.15, 0.2) is 42.5 Å². The number of carbonyl (C=O) groups excluding carboxylic acids is 1. The average molecular weight is 357 g/mol. The SMILES string of the molecule is COc1ccc2c(c1)[C@@]1(C[C@@H](O)C[C@H](c3ccc(F)cc3)O1)C(=O)N2C. The summed E-state index contributed by atoms with van der Waals surface area (Å²) in [6, 6.07) is 11.4. The number of amides is 1. The van der Waals surface area contributed by atoms with E-state index in [0.717, 1.165) is 11.3 Å². The number of rotatable bonds is 2. The summed E-state index contributed by atoms with van der Waals surface area (Å²) in [5.74, 6) is 0.0615. The Balaban J connectivity index is 1.80. The molecule has 1 saturated heterocycles. The van der Waals surface area contributed by atoms with Gasteiger partial charge in [-0.15, -0.1) is 0 Å². The predicted octanol–water partition coefficient (Wildman–Crippen LogP) is 2.92. The molecule has 0 radical (unpaired) electrons. The first-order chi connectivity index (χ1) is 12.4. The molecule has 0 aliphatic carbocycles. The Kier molecular flexibility index (Phi) is 3.97. The number of aliphatic hydroxyl groups is 1. The van der Waals surface area contributed by atoms with Gasteiger partial charge in [-0.05, 0) is 35.9 Å². The Morgan fingerprint density at radius 3 is 2.69 bits per heavy atom. The summed E-state index contributed by atoms with van der Waals surface area (Å²) < 4.78 is 24.9. The van der Waals surface area contributed by atoms with Crippen molar-refractivity contribution in [2.75, 3.05) is 19.1 Å². The van der Waals surface area contributed by atoms with Gasteiger partial charge in [-0.1, -0.05) is 12.1 Å². The van der Waals surface area contributed by atoms with Crippen LogP contribution in [0.3, 0.4) is 0 Å². The van der Waals surface area contributed by atoms with Crippen molar-refractivity contribution in [2.45, 2.75) is 30.7 Å². The summed E-state index contributed by atoms with van der Waals surface area (Å²) in [6.07, 6.45) is -0.695. The van der Waals surface area contributed by atoms with Crippen molar-refractivity contribution in [1.82, 2.24) is 0 Å². The smallest absolute Gasteiger partial charge is 0.263 e. The van der Waals surface area contributed by atoms with Crippen LogP contribution in [0.2, 0.25) is 0 Å². The zero-order valence-corrected chi connectivity index (χ0v) is 14.6. The van der Waals surface area contributed by atoms with Crippen molar-refractivity contribution in [2.24, 2.45) is 0 Å². The molecule has 2 aliphatic rings. The van der Waals surface area contributed by atoms with Crippen LogP contribution >= 0.6 is 0 Å². The molecule has 0 unspecified atom stereocenters. The number of aliphatic hydroxyl groups excluding tert-OH is 1. The minimum absolute atomic E-state index is 0.175. The van der Waals surface area contributed by atoms with E-state index >= 15 is 0 Å². The van der Waals surface area contributed by atoms with Crippen LogP contribution in [0.25, 0.3) is 0 Å². The maximum atomic E-state index is 13.3. The van der Waals surface area contributed by atoms with Gasteiger partial charge in [0.1, 0.15) is 11.6 Å². The van der Waals surface area contributed by atoms with Crippen molar-refractivity contribution < 1.29 is 23.8 Å². The summed E-state index contributed by atoms with van der Waals surface area (Å²) in [5, 5.41) is 10.5. The molecule has 2 heterocycles. The van der Waals surface area contributed by atoms with Gasteiger partial charge in [-0.25, -0.2) is 4.39 Å². The lowest BCUT2D eigenvalue weighted by Crippen LogP contribution is -2.47. The molecule has 26 heavy (non-hydrogen) atoms. The van der Waals surface area contributed by atoms with E-state index in [4.69, 9.17) is 9.47 Å². The predicted molar refractivity (Wildman–Crippen MR) is 93.5 cm³/mol. The Morgan fingerprint density at radius 1 is 1.27 bits per heavy atom. The first kappa shape index (κ1) is 17.0. The number of benzene rings is 2. The Labute approximate surface area is 151 Å². The standard InChI is InChI=1S/C20H20FNO4/c1-22-17-8-7-15(25-2)10-16(17)20(19(22)24)11-14(23)9-18(26-20)12-3-5-13(21)6-4-12/h3-8,10,14,18,23H,9,11H2,1-2H3/t14-,18+,20-/m0/s1. The fourth-order valence-corrected chi connectivity index (χ4v) is 3.95. The number of methoxy groups -OCH3 is 1. The van der Waals surface area contributed by atoms with E-state index in [1.165, 1.54) is 12.1 Å². The number of anilines is 1. The van der Waals surface area contributed by atoms with Crippen molar-refractivity contribution >= 4 is 11.6 Å². The van der Waals surface area contributed by atoms with Gasteiger partial charge in [-0.2, -0.15) is 0 Å². The molecule has 1 N–H and O–H groups in total. The molecule has 1 spiro atoms. The second-order valence-corrected chi connectivity index (χ2v) is 6.83. The van der Waals surface area contributed by atoms with Crippen LogP contribution in [-0.4, -0.2) is 31.3 Å². The fraction of sp³-hybridized carbons (Fsp3) is 0.350. The zero-order chi connectivity index (χ0) is 18.5. The summed E-state index contributed by atoms with van der Waals surface area (Å²) in [4.78, 5) is 14.7. The Morgan fingerprint density at radius 2 is 2.00 bits per heavy atom. The number of carbonyl (C=O) groups is 1. The molecule has 1 fully saturated rings. The highest BCUT2D eigenvalue weighted by Crippen LogP contribution is 2.52. The molecule has 1 amide bonds. The molecule has 5 nitrogen and oxygen atoms in total. The van der Waals surface area contributed by atoms with Gasteiger partial charge in [0.2, 0.25) is 0 Å². The summed E-state index contributed by atoms with van der Waals surface area (Å²) in [6.45, 7) is 0. The molecular formula is C20H20FNO4. The molecule has 2 aromatic rings. The van der Waals surface area contributed by atoms with E-state index in [2.05, 4.69) is 0 Å². The highest BCUT2D eigenvalue weighted by atomic mass is 19.1. The number of ether oxygens (including phenoxy) is 2. The quantitative estimate of drug-likeness (QED) is 0.898. The van der Waals surface area contributed by atoms with E-state index in [1.807, 2.05) is 6.07 Å². The molecule has 2 aromatic carbocycles. The van der Waals surface area contributed by atoms with Crippen LogP contribution in [0.4, 0.5) is 10.1 Å². The lowest BCUT2D eigenvalue weighted by molar-refractivity contribution is -0.181. The highest BCUT2D eigenvalue weighted by Gasteiger charge is 2.55. The first-order valence-corrected chi connectivity index (χ1v) is 8.52. The van der Waals surface area contributed by atoms with Gasteiger partial charge < -0.3 is 19.5 Å². The normalized spacial score (nSPS) is 27.7. The van der Waals surface area contributed by atoms with Crippen molar-refractivity contribution in [3.63, 3.8) is 0 Å². The number of fused-ring (bicyclic) bond motifs is 2. The number of halogens is 1. The van der Waals surface area contributed by atoms with Gasteiger partial charge in [-0.3, -0.25) is 4.79 Å². The van der Waals surface area contributed by atoms with E-state index in [9.17, 15) is 14.3 Å². The van der Waals surface area contributed by atoms with Gasteiger partial charge in [0.15, 0.2) is 5.60 Å². The second kappa shape index (κ2) is 6.07. The van der Waals surface area contributed by atoms with E-state index in [0.29, 0.717) is 17.7 Å². The first-order valence-electron chi connectivity index (χ1n) is 8.52. The van der Waals surface area contributed by atoms with E-state index in [1.54, 1.807) is 43.3 Å². The topological polar surface area (TPSA) is 59.0 Å². The molecule has 3 atom stereocenters. The molecular weight excluding hydrogens is 337 g/mol. The Hall–Kier alpha value is -2.44. The van der Waals surface area contributed by atoms with Crippen LogP contribution in [0, 0.1) is 5.82 Å². The summed E-state index contributed by atoms with van der Waals surface area (Å²) in [5.41, 5.74) is 0.893. The van der Waals surface area contributed by atoms with E-state index < -0.39 is 17.8 Å². The zero-order valence-electron chi connectivity index (χ0n) is 14.6. The molecule has 136 valence electrons. The maximum absolute atomic E-state index is 13.3. The number of hydrogen-bond donors (Lipinski definition) is 1. The molecule has 0 aromatic heterocycles. The van der Waals surface area contributed by atoms with Gasteiger partial charge >= 0.3 is 0 Å². The van der Waals surface area contributed by atoms with Crippen molar-refractivity contribution in [3.8, 4) is 5.75 Å². The molecule has 6 heteroatoms. The third-order valence-electron chi connectivity index (χ3n) is 5.24. The number of hydrogen-bond acceptors (Lipinski definition) is 4. The fourth-order valence-electron chi connectivity index (χ4n) is 3.95. The minimum Gasteiger partial charge on any atom is -0.497 e. The van der Waals surface area contributed by atoms with Gasteiger partial charge in [0.05, 0.1) is 25.0 Å². The number of nitrogens with zero attached hydrogens (tertiary/aromatic N) is 1. The second-order valence-electron chi connectivity index (χ2n) is 6.83. The largest absolute Gasteiger partial charge is 0.497 e. The summed E-state index contributed by atoms with van der Waals surface area (Å²) in [7, 11) is 3.26. The van der Waals surface area contributed by atoms with E-state index in [-0.39, 0.29) is 18.1 Å². The molecule has 4 rings (SSSR count). The monoisotopic (exact) mass is 357 g/mol. The van der Waals surface area contributed by atoms with Crippen molar-refractivity contribution in [1.29, 1.82) is 0 Å². The summed E-state index contributed by atoms with van der Waals surface area (Å²) >= 11 is 0. The van der Waals surface area contributed by atoms with Gasteiger partial charge in [0.25, 0.3) is 5.91 Å². The maximum Gasteiger partial charge on any atom is 0.263 e. The molecule has 0 saturated carbocycles. The van der Waals surface area contributed by atoms with Crippen LogP contribution in [0.1, 0.15) is 30.1 Å². The Bertz CT molecular complexity index is 853. The van der Waals surface area contributed by atoms with Crippen LogP contribution < -0.4 is 9.64 Å². The lowest BCUT2D eigenvalue weighted by Gasteiger charge is -2.40. The third kappa shape index (κ3) is 2.48. The number of likely N-dealkylation sites (N-methyl/N-ethyl adjacent to an activating group) is 1. The molecule has 2 aliphatic heterocycles. The minimum atomic E-state index is -1.27. The molecule has 0 bridgehead atoms.